The van der Waals surface area contributed by atoms with Gasteiger partial charge < -0.3 is 20.2 Å². The average molecular weight is 390 g/mol. The zero-order chi connectivity index (χ0) is 20.0. The lowest BCUT2D eigenvalue weighted by Crippen LogP contribution is -2.32. The van der Waals surface area contributed by atoms with E-state index < -0.39 is 5.97 Å². The number of anilines is 2. The number of likely N-dealkylation sites (N-methyl/N-ethyl adjacent to an activating group) is 2. The first-order chi connectivity index (χ1) is 12.8. The Hall–Kier alpha value is -2.57. The third-order valence-corrected chi connectivity index (χ3v) is 4.38. The van der Waals surface area contributed by atoms with Gasteiger partial charge in [0.05, 0.1) is 11.3 Å². The molecule has 0 radical (unpaired) electrons. The van der Waals surface area contributed by atoms with E-state index >= 15 is 0 Å². The number of carboxylic acids is 1. The molecule has 2 N–H and O–H groups in total. The normalized spacial score (nSPS) is 10.7. The lowest BCUT2D eigenvalue weighted by Gasteiger charge is -2.26. The molecule has 0 fully saturated rings. The molecule has 2 rings (SSSR count). The molecular formula is C20H24ClN3O3. The van der Waals surface area contributed by atoms with Gasteiger partial charge in [0.2, 0.25) is 0 Å². The third kappa shape index (κ3) is 5.70. The van der Waals surface area contributed by atoms with E-state index in [1.54, 1.807) is 36.4 Å². The first kappa shape index (κ1) is 20.7. The standard InChI is InChI=1S/C20H24ClN3O3/c1-4-24(12-11-23(2)3)18-10-9-16(13-17(18)20(26)27)22-19(25)14-5-7-15(21)8-6-14/h5-10,13H,4,11-12H2,1-3H3,(H,22,25)(H,26,27). The molecule has 0 bridgehead atoms. The van der Waals surface area contributed by atoms with E-state index in [2.05, 4.69) is 5.32 Å². The second-order valence-corrected chi connectivity index (χ2v) is 6.82. The van der Waals surface area contributed by atoms with Crippen molar-refractivity contribution in [2.75, 3.05) is 43.9 Å². The second kappa shape index (κ2) is 9.39. The maximum atomic E-state index is 12.3. The van der Waals surface area contributed by atoms with Crippen molar-refractivity contribution in [3.63, 3.8) is 0 Å². The summed E-state index contributed by atoms with van der Waals surface area (Å²) in [6.07, 6.45) is 0. The Labute approximate surface area is 164 Å². The van der Waals surface area contributed by atoms with Gasteiger partial charge in [-0.05, 0) is 63.5 Å². The predicted molar refractivity (Wildman–Crippen MR) is 109 cm³/mol. The number of halogens is 1. The van der Waals surface area contributed by atoms with E-state index in [1.165, 1.54) is 6.07 Å². The smallest absolute Gasteiger partial charge is 0.337 e. The molecular weight excluding hydrogens is 366 g/mol. The van der Waals surface area contributed by atoms with Gasteiger partial charge in [0.15, 0.2) is 0 Å². The van der Waals surface area contributed by atoms with Crippen molar-refractivity contribution >= 4 is 34.9 Å². The number of carbonyl (C=O) groups is 2. The minimum absolute atomic E-state index is 0.157. The Bertz CT molecular complexity index is 807. The number of amides is 1. The highest BCUT2D eigenvalue weighted by molar-refractivity contribution is 6.30. The average Bonchev–Trinajstić information content (AvgIpc) is 2.63. The Morgan fingerprint density at radius 3 is 2.30 bits per heavy atom. The van der Waals surface area contributed by atoms with Gasteiger partial charge >= 0.3 is 5.97 Å². The van der Waals surface area contributed by atoms with Gasteiger partial charge in [0, 0.05) is 35.9 Å². The van der Waals surface area contributed by atoms with Crippen LogP contribution < -0.4 is 10.2 Å². The molecule has 2 aromatic carbocycles. The summed E-state index contributed by atoms with van der Waals surface area (Å²) < 4.78 is 0. The summed E-state index contributed by atoms with van der Waals surface area (Å²) in [6.45, 7) is 4.18. The topological polar surface area (TPSA) is 72.9 Å². The van der Waals surface area contributed by atoms with Crippen LogP contribution >= 0.6 is 11.6 Å². The lowest BCUT2D eigenvalue weighted by atomic mass is 10.1. The molecule has 0 atom stereocenters. The van der Waals surface area contributed by atoms with Crippen LogP contribution in [0.4, 0.5) is 11.4 Å². The van der Waals surface area contributed by atoms with E-state index in [0.717, 1.165) is 6.54 Å². The van der Waals surface area contributed by atoms with E-state index in [0.29, 0.717) is 35.1 Å². The number of nitrogens with one attached hydrogen (secondary N) is 1. The number of hydrogen-bond acceptors (Lipinski definition) is 4. The molecule has 0 unspecified atom stereocenters. The van der Waals surface area contributed by atoms with Gasteiger partial charge in [-0.3, -0.25) is 4.79 Å². The molecule has 6 nitrogen and oxygen atoms in total. The van der Waals surface area contributed by atoms with E-state index in [1.807, 2.05) is 30.8 Å². The van der Waals surface area contributed by atoms with Gasteiger partial charge in [0.1, 0.15) is 0 Å². The molecule has 0 aromatic heterocycles. The molecule has 27 heavy (non-hydrogen) atoms. The van der Waals surface area contributed by atoms with Crippen LogP contribution in [0.5, 0.6) is 0 Å². The number of benzene rings is 2. The van der Waals surface area contributed by atoms with Crippen molar-refractivity contribution in [3.8, 4) is 0 Å². The summed E-state index contributed by atoms with van der Waals surface area (Å²) in [5.41, 5.74) is 1.67. The van der Waals surface area contributed by atoms with Crippen LogP contribution in [0.3, 0.4) is 0 Å². The minimum atomic E-state index is -1.03. The quantitative estimate of drug-likeness (QED) is 0.720. The molecule has 0 heterocycles. The summed E-state index contributed by atoms with van der Waals surface area (Å²) >= 11 is 5.83. The number of carboxylic acid groups (broad SMARTS) is 1. The van der Waals surface area contributed by atoms with Crippen LogP contribution in [-0.2, 0) is 0 Å². The summed E-state index contributed by atoms with van der Waals surface area (Å²) in [4.78, 5) is 28.2. The third-order valence-electron chi connectivity index (χ3n) is 4.13. The van der Waals surface area contributed by atoms with Gasteiger partial charge in [-0.2, -0.15) is 0 Å². The maximum Gasteiger partial charge on any atom is 0.337 e. The first-order valence-electron chi connectivity index (χ1n) is 8.65. The number of nitrogens with zero attached hydrogens (tertiary/aromatic N) is 2. The van der Waals surface area contributed by atoms with E-state index in [4.69, 9.17) is 11.6 Å². The lowest BCUT2D eigenvalue weighted by molar-refractivity contribution is 0.0697. The van der Waals surface area contributed by atoms with Crippen LogP contribution in [0.25, 0.3) is 0 Å². The molecule has 0 spiro atoms. The summed E-state index contributed by atoms with van der Waals surface area (Å²) in [5.74, 6) is -1.35. The number of hydrogen-bond donors (Lipinski definition) is 2. The Balaban J connectivity index is 2.24. The summed E-state index contributed by atoms with van der Waals surface area (Å²) in [6, 6.07) is 11.4. The Kier molecular flexibility index (Phi) is 7.21. The van der Waals surface area contributed by atoms with E-state index in [9.17, 15) is 14.7 Å². The van der Waals surface area contributed by atoms with Crippen LogP contribution in [0.15, 0.2) is 42.5 Å². The molecule has 0 aliphatic carbocycles. The number of rotatable bonds is 8. The fourth-order valence-corrected chi connectivity index (χ4v) is 2.76. The number of carbonyl (C=O) groups excluding carboxylic acids is 1. The SMILES string of the molecule is CCN(CCN(C)C)c1ccc(NC(=O)c2ccc(Cl)cc2)cc1C(=O)O. The predicted octanol–water partition coefficient (Wildman–Crippen LogP) is 3.68. The van der Waals surface area contributed by atoms with Crippen LogP contribution in [0.1, 0.15) is 27.6 Å². The highest BCUT2D eigenvalue weighted by Gasteiger charge is 2.17. The highest BCUT2D eigenvalue weighted by atomic mass is 35.5. The molecule has 0 aliphatic heterocycles. The number of aromatic carboxylic acids is 1. The van der Waals surface area contributed by atoms with Gasteiger partial charge in [-0.1, -0.05) is 11.6 Å². The highest BCUT2D eigenvalue weighted by Crippen LogP contribution is 2.25. The fraction of sp³-hybridized carbons (Fsp3) is 0.300. The molecule has 0 aliphatic rings. The fourth-order valence-electron chi connectivity index (χ4n) is 2.63. The monoisotopic (exact) mass is 389 g/mol. The Morgan fingerprint density at radius 2 is 1.74 bits per heavy atom. The molecule has 0 saturated heterocycles. The van der Waals surface area contributed by atoms with Crippen molar-refractivity contribution in [1.29, 1.82) is 0 Å². The second-order valence-electron chi connectivity index (χ2n) is 6.38. The summed E-state index contributed by atoms with van der Waals surface area (Å²) in [7, 11) is 3.95. The van der Waals surface area contributed by atoms with Crippen molar-refractivity contribution in [2.24, 2.45) is 0 Å². The van der Waals surface area contributed by atoms with Crippen LogP contribution in [0.2, 0.25) is 5.02 Å². The van der Waals surface area contributed by atoms with Crippen molar-refractivity contribution < 1.29 is 14.7 Å². The zero-order valence-electron chi connectivity index (χ0n) is 15.7. The molecule has 0 saturated carbocycles. The molecule has 144 valence electrons. The maximum absolute atomic E-state index is 12.3. The van der Waals surface area contributed by atoms with Crippen LogP contribution in [0, 0.1) is 0 Å². The van der Waals surface area contributed by atoms with Crippen molar-refractivity contribution in [2.45, 2.75) is 6.92 Å². The Morgan fingerprint density at radius 1 is 1.07 bits per heavy atom. The molecule has 1 amide bonds. The van der Waals surface area contributed by atoms with Crippen molar-refractivity contribution in [1.82, 2.24) is 4.90 Å². The van der Waals surface area contributed by atoms with Gasteiger partial charge in [-0.15, -0.1) is 0 Å². The van der Waals surface area contributed by atoms with Crippen LogP contribution in [-0.4, -0.2) is 55.6 Å². The molecule has 2 aromatic rings. The first-order valence-corrected chi connectivity index (χ1v) is 9.03. The minimum Gasteiger partial charge on any atom is -0.478 e. The van der Waals surface area contributed by atoms with Gasteiger partial charge in [0.25, 0.3) is 5.91 Å². The van der Waals surface area contributed by atoms with E-state index in [-0.39, 0.29) is 11.5 Å². The van der Waals surface area contributed by atoms with Gasteiger partial charge in [-0.25, -0.2) is 4.79 Å². The largest absolute Gasteiger partial charge is 0.478 e. The summed E-state index contributed by atoms with van der Waals surface area (Å²) in [5, 5.41) is 12.9. The van der Waals surface area contributed by atoms with Crippen molar-refractivity contribution in [3.05, 3.63) is 58.6 Å². The zero-order valence-corrected chi connectivity index (χ0v) is 16.5. The molecule has 7 heteroatoms.